The fourth-order valence-electron chi connectivity index (χ4n) is 1.64. The molecular formula is C14H19N3O2. The van der Waals surface area contributed by atoms with Gasteiger partial charge in [-0.25, -0.2) is 0 Å². The first-order valence-corrected chi connectivity index (χ1v) is 6.50. The highest BCUT2D eigenvalue weighted by Gasteiger charge is 2.08. The van der Waals surface area contributed by atoms with E-state index in [9.17, 15) is 5.11 Å². The lowest BCUT2D eigenvalue weighted by Gasteiger charge is -2.07. The topological polar surface area (TPSA) is 71.2 Å². The van der Waals surface area contributed by atoms with E-state index < -0.39 is 0 Å². The minimum absolute atomic E-state index is 0.260. The summed E-state index contributed by atoms with van der Waals surface area (Å²) < 4.78 is 5.18. The molecule has 0 bridgehead atoms. The van der Waals surface area contributed by atoms with Crippen LogP contribution in [0.4, 0.5) is 0 Å². The van der Waals surface area contributed by atoms with Crippen LogP contribution in [0.15, 0.2) is 28.8 Å². The number of benzene rings is 1. The molecule has 0 aliphatic heterocycles. The number of nitrogens with one attached hydrogen (secondary N) is 1. The van der Waals surface area contributed by atoms with Crippen LogP contribution >= 0.6 is 0 Å². The summed E-state index contributed by atoms with van der Waals surface area (Å²) in [5, 5.41) is 16.5. The van der Waals surface area contributed by atoms with Gasteiger partial charge in [-0.05, 0) is 31.0 Å². The Balaban J connectivity index is 1.91. The summed E-state index contributed by atoms with van der Waals surface area (Å²) in [5.74, 6) is 1.52. The van der Waals surface area contributed by atoms with Gasteiger partial charge in [-0.15, -0.1) is 0 Å². The molecule has 0 radical (unpaired) electrons. The first kappa shape index (κ1) is 13.5. The lowest BCUT2D eigenvalue weighted by molar-refractivity contribution is 0.354. The van der Waals surface area contributed by atoms with Crippen molar-refractivity contribution in [2.24, 2.45) is 0 Å². The van der Waals surface area contributed by atoms with Gasteiger partial charge in [0.25, 0.3) is 0 Å². The van der Waals surface area contributed by atoms with Gasteiger partial charge in [0.15, 0.2) is 5.82 Å². The predicted molar refractivity (Wildman–Crippen MR) is 71.8 cm³/mol. The molecule has 0 aliphatic carbocycles. The predicted octanol–water partition coefficient (Wildman–Crippen LogP) is 2.25. The summed E-state index contributed by atoms with van der Waals surface area (Å²) >= 11 is 0. The molecule has 1 aromatic heterocycles. The second kappa shape index (κ2) is 6.33. The highest BCUT2D eigenvalue weighted by molar-refractivity contribution is 5.27. The molecular weight excluding hydrogens is 242 g/mol. The van der Waals surface area contributed by atoms with Gasteiger partial charge in [0.1, 0.15) is 5.75 Å². The highest BCUT2D eigenvalue weighted by Crippen LogP contribution is 2.12. The van der Waals surface area contributed by atoms with E-state index in [0.717, 1.165) is 12.0 Å². The molecule has 2 aromatic rings. The van der Waals surface area contributed by atoms with Crippen LogP contribution in [-0.4, -0.2) is 21.3 Å². The van der Waals surface area contributed by atoms with E-state index in [1.54, 1.807) is 12.1 Å². The fourth-order valence-corrected chi connectivity index (χ4v) is 1.64. The Bertz CT molecular complexity index is 508. The van der Waals surface area contributed by atoms with Gasteiger partial charge in [0.05, 0.1) is 6.54 Å². The second-order valence-corrected chi connectivity index (χ2v) is 4.64. The molecule has 0 amide bonds. The van der Waals surface area contributed by atoms with Crippen molar-refractivity contribution in [3.8, 4) is 5.75 Å². The number of hydrogen-bond donors (Lipinski definition) is 2. The molecule has 0 saturated carbocycles. The molecule has 0 saturated heterocycles. The van der Waals surface area contributed by atoms with Crippen molar-refractivity contribution in [3.63, 3.8) is 0 Å². The van der Waals surface area contributed by atoms with Crippen molar-refractivity contribution in [1.29, 1.82) is 0 Å². The van der Waals surface area contributed by atoms with Crippen LogP contribution in [0, 0.1) is 0 Å². The van der Waals surface area contributed by atoms with Crippen LogP contribution in [0.5, 0.6) is 5.75 Å². The Morgan fingerprint density at radius 1 is 1.32 bits per heavy atom. The molecule has 2 rings (SSSR count). The lowest BCUT2D eigenvalue weighted by atomic mass is 10.1. The van der Waals surface area contributed by atoms with Crippen LogP contribution in [0.2, 0.25) is 0 Å². The Hall–Kier alpha value is -1.88. The third-order valence-corrected chi connectivity index (χ3v) is 3.02. The molecule has 0 fully saturated rings. The zero-order valence-electron chi connectivity index (χ0n) is 11.3. The summed E-state index contributed by atoms with van der Waals surface area (Å²) in [7, 11) is 0. The monoisotopic (exact) mass is 261 g/mol. The first-order valence-electron chi connectivity index (χ1n) is 6.50. The van der Waals surface area contributed by atoms with Gasteiger partial charge in [0.2, 0.25) is 5.89 Å². The number of phenols is 1. The molecule has 0 aliphatic rings. The van der Waals surface area contributed by atoms with Crippen molar-refractivity contribution in [2.75, 3.05) is 0 Å². The van der Waals surface area contributed by atoms with Crippen LogP contribution < -0.4 is 5.32 Å². The van der Waals surface area contributed by atoms with Crippen LogP contribution in [0.1, 0.15) is 37.5 Å². The second-order valence-electron chi connectivity index (χ2n) is 4.64. The van der Waals surface area contributed by atoms with Crippen molar-refractivity contribution in [3.05, 3.63) is 41.5 Å². The van der Waals surface area contributed by atoms with E-state index >= 15 is 0 Å². The van der Waals surface area contributed by atoms with Crippen molar-refractivity contribution < 1.29 is 9.63 Å². The fraction of sp³-hybridized carbons (Fsp3) is 0.429. The maximum Gasteiger partial charge on any atom is 0.240 e. The lowest BCUT2D eigenvalue weighted by Crippen LogP contribution is -2.24. The maximum absolute atomic E-state index is 9.21. The molecule has 1 atom stereocenters. The standard InChI is InChI=1S/C14H19N3O2/c1-3-10(2)15-9-14-16-13(17-19-14)8-11-4-6-12(18)7-5-11/h4-7,10,15,18H,3,8-9H2,1-2H3. The molecule has 5 heteroatoms. The SMILES string of the molecule is CCC(C)NCc1nc(Cc2ccc(O)cc2)no1. The highest BCUT2D eigenvalue weighted by atomic mass is 16.5. The Morgan fingerprint density at radius 2 is 2.05 bits per heavy atom. The molecule has 102 valence electrons. The van der Waals surface area contributed by atoms with Crippen LogP contribution in [-0.2, 0) is 13.0 Å². The van der Waals surface area contributed by atoms with E-state index in [4.69, 9.17) is 4.52 Å². The van der Waals surface area contributed by atoms with Crippen molar-refractivity contribution in [2.45, 2.75) is 39.3 Å². The smallest absolute Gasteiger partial charge is 0.240 e. The van der Waals surface area contributed by atoms with Crippen LogP contribution in [0.25, 0.3) is 0 Å². The Kier molecular flexibility index (Phi) is 4.52. The number of hydrogen-bond acceptors (Lipinski definition) is 5. The van der Waals surface area contributed by atoms with Gasteiger partial charge >= 0.3 is 0 Å². The number of rotatable bonds is 6. The average molecular weight is 261 g/mol. The molecule has 1 heterocycles. The first-order chi connectivity index (χ1) is 9.17. The van der Waals surface area contributed by atoms with Gasteiger partial charge < -0.3 is 14.9 Å². The van der Waals surface area contributed by atoms with E-state index in [0.29, 0.717) is 30.7 Å². The minimum Gasteiger partial charge on any atom is -0.508 e. The average Bonchev–Trinajstić information content (AvgIpc) is 2.86. The molecule has 0 spiro atoms. The van der Waals surface area contributed by atoms with Gasteiger partial charge in [-0.2, -0.15) is 4.98 Å². The summed E-state index contributed by atoms with van der Waals surface area (Å²) in [6.07, 6.45) is 1.67. The number of nitrogens with zero attached hydrogens (tertiary/aromatic N) is 2. The third-order valence-electron chi connectivity index (χ3n) is 3.02. The zero-order valence-corrected chi connectivity index (χ0v) is 11.3. The van der Waals surface area contributed by atoms with Crippen LogP contribution in [0.3, 0.4) is 0 Å². The van der Waals surface area contributed by atoms with E-state index in [1.165, 1.54) is 0 Å². The van der Waals surface area contributed by atoms with Crippen molar-refractivity contribution in [1.82, 2.24) is 15.5 Å². The molecule has 5 nitrogen and oxygen atoms in total. The minimum atomic E-state index is 0.260. The zero-order chi connectivity index (χ0) is 13.7. The molecule has 1 unspecified atom stereocenters. The molecule has 2 N–H and O–H groups in total. The summed E-state index contributed by atoms with van der Waals surface area (Å²) in [4.78, 5) is 4.33. The molecule has 1 aromatic carbocycles. The Morgan fingerprint density at radius 3 is 2.74 bits per heavy atom. The third kappa shape index (κ3) is 4.06. The van der Waals surface area contributed by atoms with E-state index in [2.05, 4.69) is 29.3 Å². The normalized spacial score (nSPS) is 12.5. The van der Waals surface area contributed by atoms with Gasteiger partial charge in [-0.1, -0.05) is 24.2 Å². The summed E-state index contributed by atoms with van der Waals surface area (Å²) in [5.41, 5.74) is 1.04. The Labute approximate surface area is 112 Å². The largest absolute Gasteiger partial charge is 0.508 e. The number of aromatic nitrogens is 2. The molecule has 19 heavy (non-hydrogen) atoms. The summed E-state index contributed by atoms with van der Waals surface area (Å²) in [6, 6.07) is 7.44. The van der Waals surface area contributed by atoms with Gasteiger partial charge in [-0.3, -0.25) is 0 Å². The number of aromatic hydroxyl groups is 1. The van der Waals surface area contributed by atoms with E-state index in [-0.39, 0.29) is 5.75 Å². The van der Waals surface area contributed by atoms with Gasteiger partial charge in [0, 0.05) is 12.5 Å². The van der Waals surface area contributed by atoms with Crippen molar-refractivity contribution >= 4 is 0 Å². The maximum atomic E-state index is 9.21. The van der Waals surface area contributed by atoms with E-state index in [1.807, 2.05) is 12.1 Å². The number of phenolic OH excluding ortho intramolecular Hbond substituents is 1. The summed E-state index contributed by atoms with van der Waals surface area (Å²) in [6.45, 7) is 4.84. The quantitative estimate of drug-likeness (QED) is 0.834.